The molecule has 3 aromatic rings. The fourth-order valence-corrected chi connectivity index (χ4v) is 2.43. The van der Waals surface area contributed by atoms with Crippen molar-refractivity contribution in [2.45, 2.75) is 13.1 Å². The Morgan fingerprint density at radius 1 is 0.963 bits per heavy atom. The van der Waals surface area contributed by atoms with E-state index in [2.05, 4.69) is 20.6 Å². The lowest BCUT2D eigenvalue weighted by Crippen LogP contribution is -2.12. The Bertz CT molecular complexity index is 944. The van der Waals surface area contributed by atoms with E-state index in [1.807, 2.05) is 25.1 Å². The Morgan fingerprint density at radius 3 is 2.33 bits per heavy atom. The molecule has 0 spiro atoms. The number of hydrogen-bond donors (Lipinski definition) is 2. The molecule has 1 heterocycles. The molecular formula is C19H17F3N4O. The number of rotatable bonds is 5. The van der Waals surface area contributed by atoms with Gasteiger partial charge in [0, 0.05) is 23.6 Å². The van der Waals surface area contributed by atoms with E-state index in [0.717, 1.165) is 11.8 Å². The first-order chi connectivity index (χ1) is 12.8. The van der Waals surface area contributed by atoms with E-state index in [-0.39, 0.29) is 11.8 Å². The fourth-order valence-electron chi connectivity index (χ4n) is 2.43. The van der Waals surface area contributed by atoms with Gasteiger partial charge in [-0.2, -0.15) is 18.2 Å². The molecule has 1 aromatic heterocycles. The van der Waals surface area contributed by atoms with Gasteiger partial charge in [0.2, 0.25) is 5.95 Å². The highest BCUT2D eigenvalue weighted by Crippen LogP contribution is 2.35. The minimum atomic E-state index is -4.59. The SMILES string of the molecule is COc1cccc(Nc2nc(Nc3cccc(C)c3)ncc2C(F)(F)F)c1. The molecular weight excluding hydrogens is 357 g/mol. The number of nitrogens with zero attached hydrogens (tertiary/aromatic N) is 2. The highest BCUT2D eigenvalue weighted by Gasteiger charge is 2.35. The number of methoxy groups -OCH3 is 1. The third kappa shape index (κ3) is 4.66. The molecule has 0 radical (unpaired) electrons. The summed E-state index contributed by atoms with van der Waals surface area (Å²) >= 11 is 0. The van der Waals surface area contributed by atoms with Crippen molar-refractivity contribution in [3.63, 3.8) is 0 Å². The first kappa shape index (κ1) is 18.5. The number of aryl methyl sites for hydroxylation is 1. The normalized spacial score (nSPS) is 11.1. The van der Waals surface area contributed by atoms with Crippen molar-refractivity contribution >= 4 is 23.1 Å². The van der Waals surface area contributed by atoms with Crippen molar-refractivity contribution in [2.24, 2.45) is 0 Å². The molecule has 0 bridgehead atoms. The minimum Gasteiger partial charge on any atom is -0.497 e. The summed E-state index contributed by atoms with van der Waals surface area (Å²) in [7, 11) is 1.48. The maximum Gasteiger partial charge on any atom is 0.421 e. The molecule has 2 N–H and O–H groups in total. The molecule has 0 saturated carbocycles. The summed E-state index contributed by atoms with van der Waals surface area (Å²) in [6, 6.07) is 13.9. The third-order valence-corrected chi connectivity index (χ3v) is 3.70. The summed E-state index contributed by atoms with van der Waals surface area (Å²) in [5, 5.41) is 5.62. The molecule has 0 amide bonds. The molecule has 0 saturated heterocycles. The number of benzene rings is 2. The number of hydrogen-bond acceptors (Lipinski definition) is 5. The van der Waals surface area contributed by atoms with Gasteiger partial charge in [0.25, 0.3) is 0 Å². The molecule has 0 unspecified atom stereocenters. The zero-order chi connectivity index (χ0) is 19.4. The Morgan fingerprint density at radius 2 is 1.67 bits per heavy atom. The van der Waals surface area contributed by atoms with Crippen molar-refractivity contribution < 1.29 is 17.9 Å². The molecule has 0 aliphatic heterocycles. The highest BCUT2D eigenvalue weighted by molar-refractivity contribution is 5.64. The number of aromatic nitrogens is 2. The molecule has 2 aromatic carbocycles. The van der Waals surface area contributed by atoms with Crippen LogP contribution in [0.2, 0.25) is 0 Å². The van der Waals surface area contributed by atoms with Crippen LogP contribution in [0.25, 0.3) is 0 Å². The monoisotopic (exact) mass is 374 g/mol. The zero-order valence-electron chi connectivity index (χ0n) is 14.6. The van der Waals surface area contributed by atoms with Gasteiger partial charge in [0.15, 0.2) is 0 Å². The Balaban J connectivity index is 1.95. The predicted molar refractivity (Wildman–Crippen MR) is 97.8 cm³/mol. The number of halogens is 3. The first-order valence-corrected chi connectivity index (χ1v) is 8.04. The van der Waals surface area contributed by atoms with Gasteiger partial charge in [0.05, 0.1) is 7.11 Å². The largest absolute Gasteiger partial charge is 0.497 e. The van der Waals surface area contributed by atoms with Crippen LogP contribution in [0.5, 0.6) is 5.75 Å². The average Bonchev–Trinajstić information content (AvgIpc) is 2.61. The lowest BCUT2D eigenvalue weighted by Gasteiger charge is -2.15. The van der Waals surface area contributed by atoms with Crippen LogP contribution in [0.3, 0.4) is 0 Å². The average molecular weight is 374 g/mol. The first-order valence-electron chi connectivity index (χ1n) is 8.04. The summed E-state index contributed by atoms with van der Waals surface area (Å²) in [4.78, 5) is 7.82. The second kappa shape index (κ2) is 7.53. The summed E-state index contributed by atoms with van der Waals surface area (Å²) in [6.45, 7) is 1.91. The van der Waals surface area contributed by atoms with Crippen LogP contribution in [0.15, 0.2) is 54.7 Å². The van der Waals surface area contributed by atoms with Crippen LogP contribution in [-0.2, 0) is 6.18 Å². The summed E-state index contributed by atoms with van der Waals surface area (Å²) in [5.74, 6) is 0.223. The van der Waals surface area contributed by atoms with Crippen LogP contribution in [0, 0.1) is 6.92 Å². The Kier molecular flexibility index (Phi) is 5.16. The van der Waals surface area contributed by atoms with Crippen LogP contribution in [0.1, 0.15) is 11.1 Å². The molecule has 8 heteroatoms. The maximum absolute atomic E-state index is 13.3. The summed E-state index contributed by atoms with van der Waals surface area (Å²) < 4.78 is 45.1. The van der Waals surface area contributed by atoms with Gasteiger partial charge in [-0.05, 0) is 36.8 Å². The van der Waals surface area contributed by atoms with Gasteiger partial charge in [0.1, 0.15) is 17.1 Å². The number of ether oxygens (including phenoxy) is 1. The molecule has 5 nitrogen and oxygen atoms in total. The molecule has 0 atom stereocenters. The van der Waals surface area contributed by atoms with E-state index in [0.29, 0.717) is 17.1 Å². The molecule has 0 aliphatic rings. The lowest BCUT2D eigenvalue weighted by atomic mass is 10.2. The van der Waals surface area contributed by atoms with E-state index < -0.39 is 11.7 Å². The number of alkyl halides is 3. The van der Waals surface area contributed by atoms with Gasteiger partial charge in [-0.1, -0.05) is 18.2 Å². The fraction of sp³-hybridized carbons (Fsp3) is 0.158. The molecule has 3 rings (SSSR count). The second-order valence-electron chi connectivity index (χ2n) is 5.81. The predicted octanol–water partition coefficient (Wildman–Crippen LogP) is 5.30. The quantitative estimate of drug-likeness (QED) is 0.635. The number of nitrogens with one attached hydrogen (secondary N) is 2. The smallest absolute Gasteiger partial charge is 0.421 e. The summed E-state index contributed by atoms with van der Waals surface area (Å²) in [6.07, 6.45) is -3.84. The van der Waals surface area contributed by atoms with Gasteiger partial charge >= 0.3 is 6.18 Å². The lowest BCUT2D eigenvalue weighted by molar-refractivity contribution is -0.137. The van der Waals surface area contributed by atoms with Crippen LogP contribution in [0.4, 0.5) is 36.3 Å². The van der Waals surface area contributed by atoms with Crippen molar-refractivity contribution in [1.82, 2.24) is 9.97 Å². The van der Waals surface area contributed by atoms with Crippen LogP contribution < -0.4 is 15.4 Å². The van der Waals surface area contributed by atoms with Crippen molar-refractivity contribution in [2.75, 3.05) is 17.7 Å². The zero-order valence-corrected chi connectivity index (χ0v) is 14.6. The number of anilines is 4. The second-order valence-corrected chi connectivity index (χ2v) is 5.81. The van der Waals surface area contributed by atoms with Crippen LogP contribution in [-0.4, -0.2) is 17.1 Å². The van der Waals surface area contributed by atoms with E-state index in [9.17, 15) is 13.2 Å². The van der Waals surface area contributed by atoms with Crippen molar-refractivity contribution in [3.8, 4) is 5.75 Å². The van der Waals surface area contributed by atoms with Crippen molar-refractivity contribution in [1.29, 1.82) is 0 Å². The highest BCUT2D eigenvalue weighted by atomic mass is 19.4. The Labute approximate surface area is 154 Å². The van der Waals surface area contributed by atoms with E-state index in [1.54, 1.807) is 30.3 Å². The van der Waals surface area contributed by atoms with E-state index in [1.165, 1.54) is 7.11 Å². The topological polar surface area (TPSA) is 59.1 Å². The summed E-state index contributed by atoms with van der Waals surface area (Å²) in [5.41, 5.74) is 1.14. The van der Waals surface area contributed by atoms with Crippen molar-refractivity contribution in [3.05, 3.63) is 65.9 Å². The van der Waals surface area contributed by atoms with E-state index in [4.69, 9.17) is 4.74 Å². The molecule has 27 heavy (non-hydrogen) atoms. The standard InChI is InChI=1S/C19H17F3N4O/c1-12-5-3-6-13(9-12)25-18-23-11-16(19(20,21)22)17(26-18)24-14-7-4-8-15(10-14)27-2/h3-11H,1-2H3,(H2,23,24,25,26). The third-order valence-electron chi connectivity index (χ3n) is 3.70. The molecule has 0 fully saturated rings. The molecule has 0 aliphatic carbocycles. The minimum absolute atomic E-state index is 0.0546. The van der Waals surface area contributed by atoms with E-state index >= 15 is 0 Å². The molecule has 140 valence electrons. The van der Waals surface area contributed by atoms with Crippen LogP contribution >= 0.6 is 0 Å². The van der Waals surface area contributed by atoms with Gasteiger partial charge in [-0.3, -0.25) is 0 Å². The Hall–Kier alpha value is -3.29. The van der Waals surface area contributed by atoms with Gasteiger partial charge in [-0.25, -0.2) is 4.98 Å². The van der Waals surface area contributed by atoms with Gasteiger partial charge < -0.3 is 15.4 Å². The maximum atomic E-state index is 13.3. The van der Waals surface area contributed by atoms with Gasteiger partial charge in [-0.15, -0.1) is 0 Å².